The summed E-state index contributed by atoms with van der Waals surface area (Å²) in [5.74, 6) is -3.22. The summed E-state index contributed by atoms with van der Waals surface area (Å²) in [5.41, 5.74) is 3.32. The highest BCUT2D eigenvalue weighted by Crippen LogP contribution is 2.34. The minimum atomic E-state index is -1.01. The van der Waals surface area contributed by atoms with E-state index >= 15 is 0 Å². The van der Waals surface area contributed by atoms with Crippen molar-refractivity contribution in [3.8, 4) is 0 Å². The van der Waals surface area contributed by atoms with Crippen LogP contribution in [0.25, 0.3) is 0 Å². The van der Waals surface area contributed by atoms with Crippen LogP contribution in [-0.2, 0) is 54.6 Å². The summed E-state index contributed by atoms with van der Waals surface area (Å²) in [7, 11) is 0. The Morgan fingerprint density at radius 1 is 0.550 bits per heavy atom. The predicted molar refractivity (Wildman–Crippen MR) is 219 cm³/mol. The second-order valence-corrected chi connectivity index (χ2v) is 18.3. The van der Waals surface area contributed by atoms with Crippen molar-refractivity contribution in [2.24, 2.45) is 0 Å². The van der Waals surface area contributed by atoms with E-state index in [-0.39, 0.29) is 50.6 Å². The Labute approximate surface area is 351 Å². The van der Waals surface area contributed by atoms with E-state index in [0.717, 1.165) is 86.5 Å². The molecule has 60 heavy (non-hydrogen) atoms. The number of piperidine rings is 2. The van der Waals surface area contributed by atoms with E-state index in [0.29, 0.717) is 20.9 Å². The molecule has 14 nitrogen and oxygen atoms in total. The first-order valence-electron chi connectivity index (χ1n) is 21.4. The number of aryl methyl sites for hydroxylation is 2. The Balaban J connectivity index is 0.914. The number of unbranched alkanes of at least 4 members (excludes halogenated alkanes) is 7. The summed E-state index contributed by atoms with van der Waals surface area (Å²) in [6.07, 6.45) is 8.26. The van der Waals surface area contributed by atoms with Crippen LogP contribution in [0.1, 0.15) is 162 Å². The Kier molecular flexibility index (Phi) is 13.3. The number of rotatable bonds is 13. The fraction of sp³-hybridized carbons (Fsp3) is 0.565. The number of hydrogen-bond acceptors (Lipinski definition) is 10. The van der Waals surface area contributed by atoms with Gasteiger partial charge in [-0.1, -0.05) is 62.8 Å². The zero-order chi connectivity index (χ0) is 43.5. The molecule has 0 radical (unpaired) electrons. The molecular weight excluding hydrogens is 769 g/mol. The summed E-state index contributed by atoms with van der Waals surface area (Å²) in [4.78, 5) is 109. The number of carbonyl (C=O) groups excluding carboxylic acids is 8. The molecule has 2 saturated heterocycles. The fourth-order valence-corrected chi connectivity index (χ4v) is 8.61. The van der Waals surface area contributed by atoms with E-state index in [1.165, 1.54) is 9.80 Å². The largest absolute Gasteiger partial charge is 0.443 e. The van der Waals surface area contributed by atoms with Gasteiger partial charge in [0.15, 0.2) is 0 Å². The number of benzene rings is 2. The average Bonchev–Trinajstić information content (AvgIpc) is 3.67. The lowest BCUT2D eigenvalue weighted by molar-refractivity contribution is -0.152. The van der Waals surface area contributed by atoms with Gasteiger partial charge < -0.3 is 19.3 Å². The Bertz CT molecular complexity index is 1920. The standard InChI is InChI=1S/C46H58N4O10/c1-45(2,3)59-43(57)49-37(51)25-23-35(41(49)55)47-27-33-29(19-15-21-31(33)39(47)53)17-13-11-9-7-8-10-12-14-18-30-20-16-22-32-34(30)28-48(40(32)54)36-24-26-38(52)50(42(36)56)44(58)60-46(4,5)6/h15-16,19-22,35-36H,7-14,17-18,23-28H2,1-6H3. The van der Waals surface area contributed by atoms with Crippen molar-refractivity contribution >= 4 is 47.6 Å². The van der Waals surface area contributed by atoms with Crippen LogP contribution < -0.4 is 0 Å². The van der Waals surface area contributed by atoms with E-state index in [2.05, 4.69) is 0 Å². The third-order valence-corrected chi connectivity index (χ3v) is 11.5. The number of carbonyl (C=O) groups is 8. The molecule has 2 unspecified atom stereocenters. The monoisotopic (exact) mass is 826 g/mol. The second-order valence-electron chi connectivity index (χ2n) is 18.3. The number of amides is 8. The highest BCUT2D eigenvalue weighted by Gasteiger charge is 2.48. The number of ether oxygens (including phenoxy) is 2. The molecule has 14 heteroatoms. The maximum atomic E-state index is 13.5. The van der Waals surface area contributed by atoms with Crippen molar-refractivity contribution in [1.29, 1.82) is 0 Å². The number of imide groups is 6. The summed E-state index contributed by atoms with van der Waals surface area (Å²) >= 11 is 0. The first-order chi connectivity index (χ1) is 28.4. The molecule has 0 spiro atoms. The lowest BCUT2D eigenvalue weighted by atomic mass is 9.97. The number of hydrogen-bond donors (Lipinski definition) is 0. The summed E-state index contributed by atoms with van der Waals surface area (Å²) in [5, 5.41) is 0. The number of likely N-dealkylation sites (tertiary alicyclic amines) is 2. The molecule has 0 aliphatic carbocycles. The molecule has 0 bridgehead atoms. The van der Waals surface area contributed by atoms with Gasteiger partial charge in [-0.25, -0.2) is 9.59 Å². The molecule has 322 valence electrons. The summed E-state index contributed by atoms with van der Waals surface area (Å²) < 4.78 is 10.6. The maximum absolute atomic E-state index is 13.5. The van der Waals surface area contributed by atoms with Gasteiger partial charge in [0.25, 0.3) is 23.6 Å². The van der Waals surface area contributed by atoms with E-state index in [4.69, 9.17) is 9.47 Å². The maximum Gasteiger partial charge on any atom is 0.424 e. The highest BCUT2D eigenvalue weighted by molar-refractivity contribution is 6.14. The van der Waals surface area contributed by atoms with Gasteiger partial charge in [0.1, 0.15) is 23.3 Å². The molecule has 2 aromatic carbocycles. The van der Waals surface area contributed by atoms with Crippen LogP contribution in [0.4, 0.5) is 9.59 Å². The minimum Gasteiger partial charge on any atom is -0.443 e. The fourth-order valence-electron chi connectivity index (χ4n) is 8.61. The van der Waals surface area contributed by atoms with Crippen LogP contribution in [-0.4, -0.2) is 90.5 Å². The van der Waals surface area contributed by atoms with Gasteiger partial charge in [0, 0.05) is 37.1 Å². The molecule has 4 heterocycles. The van der Waals surface area contributed by atoms with Gasteiger partial charge in [-0.3, -0.25) is 28.8 Å². The minimum absolute atomic E-state index is 0.0333. The van der Waals surface area contributed by atoms with Gasteiger partial charge in [0.05, 0.1) is 0 Å². The molecule has 0 N–H and O–H groups in total. The first kappa shape index (κ1) is 44.2. The van der Waals surface area contributed by atoms with Crippen molar-refractivity contribution in [3.63, 3.8) is 0 Å². The second kappa shape index (κ2) is 18.1. The molecule has 8 amide bonds. The lowest BCUT2D eigenvalue weighted by Gasteiger charge is -2.35. The lowest BCUT2D eigenvalue weighted by Crippen LogP contribution is -2.57. The SMILES string of the molecule is CC(C)(C)OC(=O)N1C(=O)CCC(N2Cc3c(CCCCCCCCCCc4cccc5c4CN(C4CCC(=O)N(C(=O)OC(C)(C)C)C4=O)C5=O)cccc3C2=O)C1=O. The Morgan fingerprint density at radius 3 is 1.25 bits per heavy atom. The Morgan fingerprint density at radius 2 is 0.900 bits per heavy atom. The molecule has 2 fully saturated rings. The quantitative estimate of drug-likeness (QED) is 0.147. The van der Waals surface area contributed by atoms with E-state index in [1.54, 1.807) is 53.7 Å². The predicted octanol–water partition coefficient (Wildman–Crippen LogP) is 7.41. The van der Waals surface area contributed by atoms with Crippen LogP contribution in [0.15, 0.2) is 36.4 Å². The molecule has 6 rings (SSSR count). The molecule has 0 aromatic heterocycles. The Hall–Kier alpha value is -5.40. The van der Waals surface area contributed by atoms with E-state index < -0.39 is 59.1 Å². The van der Waals surface area contributed by atoms with Gasteiger partial charge in [0.2, 0.25) is 11.8 Å². The molecule has 0 saturated carbocycles. The van der Waals surface area contributed by atoms with Crippen molar-refractivity contribution in [2.75, 3.05) is 0 Å². The van der Waals surface area contributed by atoms with Gasteiger partial charge in [-0.05, 0) is 114 Å². The van der Waals surface area contributed by atoms with Gasteiger partial charge in [-0.2, -0.15) is 9.80 Å². The van der Waals surface area contributed by atoms with Crippen LogP contribution in [0.5, 0.6) is 0 Å². The van der Waals surface area contributed by atoms with Crippen LogP contribution >= 0.6 is 0 Å². The number of nitrogens with zero attached hydrogens (tertiary/aromatic N) is 4. The first-order valence-corrected chi connectivity index (χ1v) is 21.4. The average molecular weight is 827 g/mol. The van der Waals surface area contributed by atoms with Crippen LogP contribution in [0, 0.1) is 0 Å². The van der Waals surface area contributed by atoms with Crippen molar-refractivity contribution in [1.82, 2.24) is 19.6 Å². The molecular formula is C46H58N4O10. The van der Waals surface area contributed by atoms with Crippen molar-refractivity contribution in [3.05, 3.63) is 69.8 Å². The molecule has 4 aliphatic heterocycles. The third kappa shape index (κ3) is 9.79. The van der Waals surface area contributed by atoms with Crippen LogP contribution in [0.3, 0.4) is 0 Å². The smallest absolute Gasteiger partial charge is 0.424 e. The summed E-state index contributed by atoms with van der Waals surface area (Å²) in [6.45, 7) is 10.5. The van der Waals surface area contributed by atoms with Gasteiger partial charge >= 0.3 is 12.2 Å². The zero-order valence-corrected chi connectivity index (χ0v) is 35.8. The molecule has 2 aromatic rings. The van der Waals surface area contributed by atoms with Crippen LogP contribution in [0.2, 0.25) is 0 Å². The van der Waals surface area contributed by atoms with Crippen molar-refractivity contribution < 1.29 is 47.8 Å². The van der Waals surface area contributed by atoms with E-state index in [1.807, 2.05) is 24.3 Å². The zero-order valence-electron chi connectivity index (χ0n) is 35.8. The number of fused-ring (bicyclic) bond motifs is 2. The topological polar surface area (TPSA) is 168 Å². The molecule has 4 aliphatic rings. The van der Waals surface area contributed by atoms with Gasteiger partial charge in [-0.15, -0.1) is 0 Å². The van der Waals surface area contributed by atoms with Crippen molar-refractivity contribution in [2.45, 2.75) is 168 Å². The normalized spacial score (nSPS) is 19.6. The molecule has 2 atom stereocenters. The summed E-state index contributed by atoms with van der Waals surface area (Å²) in [6, 6.07) is 9.51. The third-order valence-electron chi connectivity index (χ3n) is 11.5. The highest BCUT2D eigenvalue weighted by atomic mass is 16.6. The van der Waals surface area contributed by atoms with E-state index in [9.17, 15) is 38.4 Å².